The van der Waals surface area contributed by atoms with Crippen molar-refractivity contribution in [3.8, 4) is 5.75 Å². The van der Waals surface area contributed by atoms with Gasteiger partial charge in [-0.3, -0.25) is 4.79 Å². The van der Waals surface area contributed by atoms with Crippen LogP contribution in [0.1, 0.15) is 24.0 Å². The first-order valence-corrected chi connectivity index (χ1v) is 7.30. The van der Waals surface area contributed by atoms with Crippen LogP contribution < -0.4 is 10.1 Å². The second-order valence-electron chi connectivity index (χ2n) is 5.22. The molecule has 0 radical (unpaired) electrons. The molecule has 2 rings (SSSR count). The van der Waals surface area contributed by atoms with Crippen molar-refractivity contribution in [2.24, 2.45) is 0 Å². The predicted octanol–water partition coefficient (Wildman–Crippen LogP) is 4.24. The van der Waals surface area contributed by atoms with Crippen molar-refractivity contribution in [1.29, 1.82) is 0 Å². The van der Waals surface area contributed by atoms with Crippen LogP contribution in [0.2, 0.25) is 0 Å². The van der Waals surface area contributed by atoms with Gasteiger partial charge in [-0.15, -0.1) is 0 Å². The monoisotopic (exact) mass is 301 g/mol. The molecule has 0 aliphatic heterocycles. The van der Waals surface area contributed by atoms with Gasteiger partial charge in [0.05, 0.1) is 6.61 Å². The van der Waals surface area contributed by atoms with Crippen molar-refractivity contribution < 1.29 is 13.9 Å². The first-order chi connectivity index (χ1) is 10.6. The Morgan fingerprint density at radius 1 is 1.14 bits per heavy atom. The zero-order valence-corrected chi connectivity index (χ0v) is 12.9. The molecule has 116 valence electrons. The van der Waals surface area contributed by atoms with Gasteiger partial charge in [-0.25, -0.2) is 4.39 Å². The van der Waals surface area contributed by atoms with Crippen LogP contribution >= 0.6 is 0 Å². The van der Waals surface area contributed by atoms with E-state index in [1.165, 1.54) is 12.1 Å². The maximum Gasteiger partial charge on any atom is 0.224 e. The van der Waals surface area contributed by atoms with Crippen LogP contribution in [0, 0.1) is 19.7 Å². The smallest absolute Gasteiger partial charge is 0.224 e. The van der Waals surface area contributed by atoms with Gasteiger partial charge in [0.25, 0.3) is 0 Å². The molecule has 0 saturated heterocycles. The summed E-state index contributed by atoms with van der Waals surface area (Å²) in [7, 11) is 0. The minimum absolute atomic E-state index is 0.137. The summed E-state index contributed by atoms with van der Waals surface area (Å²) in [4.78, 5) is 11.9. The van der Waals surface area contributed by atoms with Crippen LogP contribution in [-0.2, 0) is 4.79 Å². The molecule has 0 aliphatic carbocycles. The molecule has 0 aromatic heterocycles. The number of carbonyl (C=O) groups excluding carboxylic acids is 1. The molecule has 1 amide bonds. The SMILES string of the molecule is Cc1ccc(F)cc1NC(=O)CCCOc1ccccc1C. The molecule has 22 heavy (non-hydrogen) atoms. The molecular formula is C18H20FNO2. The number of hydrogen-bond donors (Lipinski definition) is 1. The van der Waals surface area contributed by atoms with Gasteiger partial charge in [0.15, 0.2) is 0 Å². The van der Waals surface area contributed by atoms with Crippen LogP contribution in [0.5, 0.6) is 5.75 Å². The number of ether oxygens (including phenoxy) is 1. The highest BCUT2D eigenvalue weighted by molar-refractivity contribution is 5.91. The third kappa shape index (κ3) is 4.58. The van der Waals surface area contributed by atoms with E-state index in [-0.39, 0.29) is 11.7 Å². The number of halogens is 1. The summed E-state index contributed by atoms with van der Waals surface area (Å²) in [5, 5.41) is 2.73. The van der Waals surface area contributed by atoms with Crippen molar-refractivity contribution in [2.75, 3.05) is 11.9 Å². The van der Waals surface area contributed by atoms with Gasteiger partial charge < -0.3 is 10.1 Å². The number of para-hydroxylation sites is 1. The fourth-order valence-corrected chi connectivity index (χ4v) is 2.07. The summed E-state index contributed by atoms with van der Waals surface area (Å²) in [5.41, 5.74) is 2.43. The molecule has 2 aromatic carbocycles. The molecule has 0 fully saturated rings. The molecule has 3 nitrogen and oxygen atoms in total. The number of rotatable bonds is 6. The summed E-state index contributed by atoms with van der Waals surface area (Å²) in [6, 6.07) is 12.1. The zero-order valence-electron chi connectivity index (χ0n) is 12.9. The Bertz CT molecular complexity index is 655. The lowest BCUT2D eigenvalue weighted by Gasteiger charge is -2.10. The molecule has 1 N–H and O–H groups in total. The van der Waals surface area contributed by atoms with E-state index in [1.54, 1.807) is 6.07 Å². The Kier molecular flexibility index (Phi) is 5.53. The van der Waals surface area contributed by atoms with Gasteiger partial charge in [0.2, 0.25) is 5.91 Å². The summed E-state index contributed by atoms with van der Waals surface area (Å²) in [6.07, 6.45) is 0.941. The molecule has 0 saturated carbocycles. The van der Waals surface area contributed by atoms with E-state index in [4.69, 9.17) is 4.74 Å². The molecule has 0 aliphatic rings. The van der Waals surface area contributed by atoms with E-state index in [0.717, 1.165) is 16.9 Å². The highest BCUT2D eigenvalue weighted by atomic mass is 19.1. The minimum Gasteiger partial charge on any atom is -0.493 e. The average molecular weight is 301 g/mol. The fourth-order valence-electron chi connectivity index (χ4n) is 2.07. The van der Waals surface area contributed by atoms with Crippen molar-refractivity contribution >= 4 is 11.6 Å². The number of amides is 1. The van der Waals surface area contributed by atoms with Crippen LogP contribution in [0.3, 0.4) is 0 Å². The molecule has 0 heterocycles. The summed E-state index contributed by atoms with van der Waals surface area (Å²) < 4.78 is 18.8. The van der Waals surface area contributed by atoms with Gasteiger partial charge in [-0.1, -0.05) is 24.3 Å². The Labute approximate surface area is 130 Å². The molecule has 4 heteroatoms. The van der Waals surface area contributed by atoms with Crippen molar-refractivity contribution in [1.82, 2.24) is 0 Å². The van der Waals surface area contributed by atoms with Gasteiger partial charge in [-0.2, -0.15) is 0 Å². The Balaban J connectivity index is 1.76. The topological polar surface area (TPSA) is 38.3 Å². The van der Waals surface area contributed by atoms with Crippen LogP contribution in [0.25, 0.3) is 0 Å². The van der Waals surface area contributed by atoms with E-state index in [2.05, 4.69) is 5.32 Å². The van der Waals surface area contributed by atoms with Crippen LogP contribution in [0.4, 0.5) is 10.1 Å². The first kappa shape index (κ1) is 16.0. The summed E-state index contributed by atoms with van der Waals surface area (Å²) in [5.74, 6) is 0.342. The standard InChI is InChI=1S/C18H20FNO2/c1-13-9-10-15(19)12-16(13)20-18(21)8-5-11-22-17-7-4-3-6-14(17)2/h3-4,6-7,9-10,12H,5,8,11H2,1-2H3,(H,20,21). The molecule has 0 unspecified atom stereocenters. The van der Waals surface area contributed by atoms with E-state index in [9.17, 15) is 9.18 Å². The number of aryl methyl sites for hydroxylation is 2. The molecule has 0 spiro atoms. The quantitative estimate of drug-likeness (QED) is 0.810. The average Bonchev–Trinajstić information content (AvgIpc) is 2.49. The lowest BCUT2D eigenvalue weighted by Crippen LogP contribution is -2.13. The molecule has 0 bridgehead atoms. The maximum atomic E-state index is 13.2. The summed E-state index contributed by atoms with van der Waals surface area (Å²) in [6.45, 7) is 4.28. The first-order valence-electron chi connectivity index (χ1n) is 7.30. The van der Waals surface area contributed by atoms with Gasteiger partial charge in [0.1, 0.15) is 11.6 Å². The lowest BCUT2D eigenvalue weighted by atomic mass is 10.2. The van der Waals surface area contributed by atoms with Crippen LogP contribution in [0.15, 0.2) is 42.5 Å². The van der Waals surface area contributed by atoms with E-state index in [1.807, 2.05) is 38.1 Å². The van der Waals surface area contributed by atoms with E-state index < -0.39 is 0 Å². The molecule has 2 aromatic rings. The van der Waals surface area contributed by atoms with Crippen molar-refractivity contribution in [2.45, 2.75) is 26.7 Å². The molecular weight excluding hydrogens is 281 g/mol. The molecule has 0 atom stereocenters. The lowest BCUT2D eigenvalue weighted by molar-refractivity contribution is -0.116. The van der Waals surface area contributed by atoms with Crippen LogP contribution in [-0.4, -0.2) is 12.5 Å². The maximum absolute atomic E-state index is 13.2. The second-order valence-corrected chi connectivity index (χ2v) is 5.22. The van der Waals surface area contributed by atoms with Gasteiger partial charge in [-0.05, 0) is 49.6 Å². The van der Waals surface area contributed by atoms with E-state index in [0.29, 0.717) is 25.1 Å². The Hall–Kier alpha value is -2.36. The van der Waals surface area contributed by atoms with Gasteiger partial charge >= 0.3 is 0 Å². The van der Waals surface area contributed by atoms with Gasteiger partial charge in [0, 0.05) is 12.1 Å². The summed E-state index contributed by atoms with van der Waals surface area (Å²) >= 11 is 0. The van der Waals surface area contributed by atoms with E-state index >= 15 is 0 Å². The largest absolute Gasteiger partial charge is 0.493 e. The Morgan fingerprint density at radius 3 is 2.68 bits per heavy atom. The third-order valence-electron chi connectivity index (χ3n) is 3.37. The number of nitrogens with one attached hydrogen (secondary N) is 1. The Morgan fingerprint density at radius 2 is 1.91 bits per heavy atom. The van der Waals surface area contributed by atoms with Crippen molar-refractivity contribution in [3.05, 3.63) is 59.4 Å². The number of anilines is 1. The number of carbonyl (C=O) groups is 1. The number of benzene rings is 2. The highest BCUT2D eigenvalue weighted by Gasteiger charge is 2.06. The second kappa shape index (κ2) is 7.59. The fraction of sp³-hybridized carbons (Fsp3) is 0.278. The highest BCUT2D eigenvalue weighted by Crippen LogP contribution is 2.18. The van der Waals surface area contributed by atoms with Crippen molar-refractivity contribution in [3.63, 3.8) is 0 Å². The predicted molar refractivity (Wildman–Crippen MR) is 85.7 cm³/mol. The number of hydrogen-bond acceptors (Lipinski definition) is 2. The normalized spacial score (nSPS) is 10.3. The zero-order chi connectivity index (χ0) is 15.9. The minimum atomic E-state index is -0.358. The third-order valence-corrected chi connectivity index (χ3v) is 3.37.